The highest BCUT2D eigenvalue weighted by atomic mass is 16.5. The maximum absolute atomic E-state index is 5.40. The van der Waals surface area contributed by atoms with E-state index in [0.717, 1.165) is 67.8 Å². The average molecular weight is 316 g/mol. The molecule has 23 heavy (non-hydrogen) atoms. The van der Waals surface area contributed by atoms with Gasteiger partial charge in [-0.05, 0) is 19.8 Å². The normalized spacial score (nSPS) is 19.4. The van der Waals surface area contributed by atoms with E-state index in [1.165, 1.54) is 12.8 Å². The molecule has 2 aromatic heterocycles. The molecule has 4 rings (SSSR count). The minimum Gasteiger partial charge on any atom is -0.379 e. The Hall–Kier alpha value is -1.73. The summed E-state index contributed by atoms with van der Waals surface area (Å²) >= 11 is 0. The lowest BCUT2D eigenvalue weighted by Crippen LogP contribution is -2.39. The number of aryl methyl sites for hydroxylation is 2. The third-order valence-electron chi connectivity index (χ3n) is 4.63. The second-order valence-corrected chi connectivity index (χ2v) is 6.49. The molecule has 1 N–H and O–H groups in total. The second-order valence-electron chi connectivity index (χ2n) is 6.49. The summed E-state index contributed by atoms with van der Waals surface area (Å²) in [5.74, 6) is 2.44. The van der Waals surface area contributed by atoms with Crippen LogP contribution in [0.4, 0.5) is 5.82 Å². The number of morpholine rings is 1. The third-order valence-corrected chi connectivity index (χ3v) is 4.63. The van der Waals surface area contributed by atoms with Gasteiger partial charge in [0.1, 0.15) is 16.9 Å². The van der Waals surface area contributed by atoms with Crippen LogP contribution in [0.25, 0.3) is 11.0 Å². The van der Waals surface area contributed by atoms with Gasteiger partial charge in [-0.15, -0.1) is 0 Å². The monoisotopic (exact) mass is 316 g/mol. The molecule has 124 valence electrons. The molecule has 0 atom stereocenters. The van der Waals surface area contributed by atoms with Crippen molar-refractivity contribution in [3.05, 3.63) is 11.5 Å². The van der Waals surface area contributed by atoms with Crippen molar-refractivity contribution in [2.75, 3.05) is 44.7 Å². The van der Waals surface area contributed by atoms with Crippen molar-refractivity contribution in [3.8, 4) is 0 Å². The van der Waals surface area contributed by atoms with E-state index in [4.69, 9.17) is 14.7 Å². The molecule has 2 fully saturated rings. The zero-order valence-corrected chi connectivity index (χ0v) is 13.9. The number of hydrogen-bond donors (Lipinski definition) is 1. The van der Waals surface area contributed by atoms with Crippen molar-refractivity contribution in [3.63, 3.8) is 0 Å². The smallest absolute Gasteiger partial charge is 0.156 e. The molecule has 1 saturated heterocycles. The van der Waals surface area contributed by atoms with Crippen molar-refractivity contribution in [1.82, 2.24) is 24.6 Å². The number of nitrogens with one attached hydrogen (secondary N) is 1. The van der Waals surface area contributed by atoms with E-state index in [0.29, 0.717) is 5.92 Å². The number of aromatic nitrogens is 4. The van der Waals surface area contributed by atoms with E-state index in [1.807, 2.05) is 18.7 Å². The predicted octanol–water partition coefficient (Wildman–Crippen LogP) is 1.29. The van der Waals surface area contributed by atoms with Crippen LogP contribution in [-0.2, 0) is 11.8 Å². The van der Waals surface area contributed by atoms with Crippen LogP contribution in [0.3, 0.4) is 0 Å². The Morgan fingerprint density at radius 2 is 2.00 bits per heavy atom. The molecule has 0 unspecified atom stereocenters. The summed E-state index contributed by atoms with van der Waals surface area (Å²) in [4.78, 5) is 12.0. The zero-order chi connectivity index (χ0) is 15.8. The largest absolute Gasteiger partial charge is 0.379 e. The fourth-order valence-electron chi connectivity index (χ4n) is 3.16. The lowest BCUT2D eigenvalue weighted by molar-refractivity contribution is 0.0398. The molecule has 0 amide bonds. The molecule has 3 heterocycles. The minimum absolute atomic E-state index is 0.541. The van der Waals surface area contributed by atoms with E-state index in [-0.39, 0.29) is 0 Å². The molecule has 1 aliphatic carbocycles. The molecule has 0 aromatic carbocycles. The quantitative estimate of drug-likeness (QED) is 0.896. The first kappa shape index (κ1) is 14.8. The highest BCUT2D eigenvalue weighted by Gasteiger charge is 2.28. The Morgan fingerprint density at radius 1 is 1.22 bits per heavy atom. The Balaban J connectivity index is 1.54. The maximum Gasteiger partial charge on any atom is 0.156 e. The lowest BCUT2D eigenvalue weighted by atomic mass is 10.3. The number of rotatable bonds is 5. The van der Waals surface area contributed by atoms with Gasteiger partial charge in [0.2, 0.25) is 0 Å². The maximum atomic E-state index is 5.40. The Bertz CT molecular complexity index is 702. The second kappa shape index (κ2) is 6.05. The molecule has 0 radical (unpaired) electrons. The van der Waals surface area contributed by atoms with E-state index in [9.17, 15) is 0 Å². The summed E-state index contributed by atoms with van der Waals surface area (Å²) < 4.78 is 7.28. The fraction of sp³-hybridized carbons (Fsp3) is 0.688. The molecule has 0 spiro atoms. The first-order chi connectivity index (χ1) is 11.2. The molecule has 7 nitrogen and oxygen atoms in total. The van der Waals surface area contributed by atoms with E-state index in [2.05, 4.69) is 15.3 Å². The highest BCUT2D eigenvalue weighted by molar-refractivity contribution is 5.87. The van der Waals surface area contributed by atoms with Gasteiger partial charge in [0, 0.05) is 39.1 Å². The highest BCUT2D eigenvalue weighted by Crippen LogP contribution is 2.39. The van der Waals surface area contributed by atoms with Crippen LogP contribution in [0.1, 0.15) is 30.3 Å². The van der Waals surface area contributed by atoms with Gasteiger partial charge in [-0.2, -0.15) is 5.10 Å². The van der Waals surface area contributed by atoms with Crippen molar-refractivity contribution in [2.24, 2.45) is 7.05 Å². The van der Waals surface area contributed by atoms with Gasteiger partial charge in [0.15, 0.2) is 5.82 Å². The summed E-state index contributed by atoms with van der Waals surface area (Å²) in [6.45, 7) is 7.60. The van der Waals surface area contributed by atoms with E-state index >= 15 is 0 Å². The van der Waals surface area contributed by atoms with Gasteiger partial charge in [-0.1, -0.05) is 0 Å². The molecule has 2 aromatic rings. The Labute approximate surface area is 136 Å². The van der Waals surface area contributed by atoms with Crippen LogP contribution >= 0.6 is 0 Å². The first-order valence-electron chi connectivity index (χ1n) is 8.47. The summed E-state index contributed by atoms with van der Waals surface area (Å²) in [7, 11) is 1.96. The Kier molecular flexibility index (Phi) is 3.90. The van der Waals surface area contributed by atoms with E-state index < -0.39 is 0 Å². The van der Waals surface area contributed by atoms with Crippen molar-refractivity contribution < 1.29 is 4.74 Å². The number of hydrogen-bond acceptors (Lipinski definition) is 6. The number of nitrogens with zero attached hydrogens (tertiary/aromatic N) is 5. The molecule has 2 aliphatic rings. The van der Waals surface area contributed by atoms with Gasteiger partial charge >= 0.3 is 0 Å². The molecular formula is C16H24N6O. The van der Waals surface area contributed by atoms with Gasteiger partial charge in [0.25, 0.3) is 0 Å². The van der Waals surface area contributed by atoms with Crippen molar-refractivity contribution >= 4 is 16.9 Å². The summed E-state index contributed by atoms with van der Waals surface area (Å²) in [6.07, 6.45) is 2.41. The van der Waals surface area contributed by atoms with Crippen LogP contribution in [0.15, 0.2) is 0 Å². The fourth-order valence-corrected chi connectivity index (χ4v) is 3.16. The zero-order valence-electron chi connectivity index (χ0n) is 13.9. The Morgan fingerprint density at radius 3 is 2.74 bits per heavy atom. The average Bonchev–Trinajstić information content (AvgIpc) is 3.36. The van der Waals surface area contributed by atoms with Crippen LogP contribution in [0.2, 0.25) is 0 Å². The molecular weight excluding hydrogens is 292 g/mol. The van der Waals surface area contributed by atoms with Gasteiger partial charge in [0.05, 0.1) is 18.9 Å². The topological polar surface area (TPSA) is 68.1 Å². The summed E-state index contributed by atoms with van der Waals surface area (Å²) in [5.41, 5.74) is 2.97. The van der Waals surface area contributed by atoms with Gasteiger partial charge < -0.3 is 10.1 Å². The molecule has 1 saturated carbocycles. The lowest BCUT2D eigenvalue weighted by Gasteiger charge is -2.26. The van der Waals surface area contributed by atoms with Crippen molar-refractivity contribution in [2.45, 2.75) is 25.7 Å². The van der Waals surface area contributed by atoms with Gasteiger partial charge in [-0.25, -0.2) is 9.97 Å². The standard InChI is InChI=1S/C16H24N6O/c1-11-13-14(21(2)20-11)16(19-15(18-13)12-3-4-12)17-5-6-22-7-9-23-10-8-22/h12H,3-10H2,1-2H3,(H,17,18,19). The molecule has 1 aliphatic heterocycles. The van der Waals surface area contributed by atoms with Crippen LogP contribution in [0, 0.1) is 6.92 Å². The molecule has 0 bridgehead atoms. The minimum atomic E-state index is 0.541. The van der Waals surface area contributed by atoms with Crippen LogP contribution in [-0.4, -0.2) is 64.0 Å². The number of fused-ring (bicyclic) bond motifs is 1. The van der Waals surface area contributed by atoms with Crippen molar-refractivity contribution in [1.29, 1.82) is 0 Å². The summed E-state index contributed by atoms with van der Waals surface area (Å²) in [6, 6.07) is 0. The number of ether oxygens (including phenoxy) is 1. The van der Waals surface area contributed by atoms with Crippen LogP contribution < -0.4 is 5.32 Å². The van der Waals surface area contributed by atoms with E-state index in [1.54, 1.807) is 0 Å². The number of anilines is 1. The molecule has 7 heteroatoms. The van der Waals surface area contributed by atoms with Gasteiger partial charge in [-0.3, -0.25) is 9.58 Å². The first-order valence-corrected chi connectivity index (χ1v) is 8.47. The third kappa shape index (κ3) is 3.03. The van der Waals surface area contributed by atoms with Crippen LogP contribution in [0.5, 0.6) is 0 Å². The SMILES string of the molecule is Cc1nn(C)c2c(NCCN3CCOCC3)nc(C3CC3)nc12. The summed E-state index contributed by atoms with van der Waals surface area (Å²) in [5, 5.41) is 8.03. The predicted molar refractivity (Wildman–Crippen MR) is 88.8 cm³/mol.